The molecule has 0 saturated carbocycles. The van der Waals surface area contributed by atoms with Gasteiger partial charge in [0.15, 0.2) is 0 Å². The van der Waals surface area contributed by atoms with Gasteiger partial charge in [0, 0.05) is 25.0 Å². The smallest absolute Gasteiger partial charge is 0.229 e. The number of hydrogen-bond acceptors (Lipinski definition) is 8. The lowest BCUT2D eigenvalue weighted by Gasteiger charge is -2.25. The monoisotopic (exact) mass is 413 g/mol. The van der Waals surface area contributed by atoms with E-state index in [9.17, 15) is 0 Å². The highest BCUT2D eigenvalue weighted by atomic mass is 16.3. The number of likely N-dealkylation sites (N-methyl/N-ethyl adjacent to an activating group) is 1. The SMILES string of the molecule is CN1CCc2ccc(Nc3ncc(-c4ccco4)c(Nc4cccc(N)n4)n3)cc2C1. The average molecular weight is 413 g/mol. The van der Waals surface area contributed by atoms with Crippen LogP contribution in [0.25, 0.3) is 11.3 Å². The molecule has 156 valence electrons. The van der Waals surface area contributed by atoms with Gasteiger partial charge in [-0.1, -0.05) is 12.1 Å². The van der Waals surface area contributed by atoms with E-state index in [0.717, 1.165) is 30.8 Å². The average Bonchev–Trinajstić information content (AvgIpc) is 3.28. The van der Waals surface area contributed by atoms with Gasteiger partial charge in [-0.05, 0) is 61.0 Å². The lowest BCUT2D eigenvalue weighted by molar-refractivity contribution is 0.313. The minimum absolute atomic E-state index is 0.427. The van der Waals surface area contributed by atoms with Crippen LogP contribution in [0.5, 0.6) is 0 Å². The summed E-state index contributed by atoms with van der Waals surface area (Å²) in [7, 11) is 2.14. The van der Waals surface area contributed by atoms with Crippen molar-refractivity contribution in [1.82, 2.24) is 19.9 Å². The molecule has 0 radical (unpaired) electrons. The number of furan rings is 1. The summed E-state index contributed by atoms with van der Waals surface area (Å²) >= 11 is 0. The van der Waals surface area contributed by atoms with E-state index in [1.807, 2.05) is 24.3 Å². The molecule has 0 atom stereocenters. The van der Waals surface area contributed by atoms with E-state index in [1.54, 1.807) is 18.5 Å². The number of nitrogens with zero attached hydrogens (tertiary/aromatic N) is 4. The van der Waals surface area contributed by atoms with Crippen molar-refractivity contribution in [2.45, 2.75) is 13.0 Å². The van der Waals surface area contributed by atoms with Gasteiger partial charge >= 0.3 is 0 Å². The molecule has 8 heteroatoms. The summed E-state index contributed by atoms with van der Waals surface area (Å²) in [5.41, 5.74) is 10.2. The number of nitrogen functional groups attached to an aromatic ring is 1. The minimum Gasteiger partial charge on any atom is -0.464 e. The number of rotatable bonds is 5. The number of hydrogen-bond donors (Lipinski definition) is 3. The molecule has 31 heavy (non-hydrogen) atoms. The molecule has 0 saturated heterocycles. The number of aromatic nitrogens is 3. The molecule has 0 bridgehead atoms. The second-order valence-electron chi connectivity index (χ2n) is 7.60. The second kappa shape index (κ2) is 8.08. The standard InChI is InChI=1S/C23H23N7O/c1-30-10-9-15-7-8-17(12-16(15)14-30)26-23-25-13-18(19-4-3-11-31-19)22(29-23)28-21-6-2-5-20(24)27-21/h2-8,11-13H,9-10,14H2,1H3,(H4,24,25,26,27,28,29). The third-order valence-corrected chi connectivity index (χ3v) is 5.26. The topological polar surface area (TPSA) is 105 Å². The third kappa shape index (κ3) is 4.19. The lowest BCUT2D eigenvalue weighted by atomic mass is 9.99. The molecular weight excluding hydrogens is 390 g/mol. The van der Waals surface area contributed by atoms with Crippen LogP contribution in [0.1, 0.15) is 11.1 Å². The quantitative estimate of drug-likeness (QED) is 0.447. The molecule has 3 aromatic heterocycles. The van der Waals surface area contributed by atoms with Gasteiger partial charge in [-0.25, -0.2) is 9.97 Å². The molecule has 4 N–H and O–H groups in total. The number of benzene rings is 1. The van der Waals surface area contributed by atoms with E-state index in [4.69, 9.17) is 15.1 Å². The fourth-order valence-corrected chi connectivity index (χ4v) is 3.70. The number of pyridine rings is 1. The van der Waals surface area contributed by atoms with Crippen molar-refractivity contribution in [1.29, 1.82) is 0 Å². The van der Waals surface area contributed by atoms with Gasteiger partial charge in [-0.15, -0.1) is 0 Å². The van der Waals surface area contributed by atoms with Gasteiger partial charge in [0.2, 0.25) is 5.95 Å². The fraction of sp³-hybridized carbons (Fsp3) is 0.174. The molecular formula is C23H23N7O. The van der Waals surface area contributed by atoms with Gasteiger partial charge in [0.25, 0.3) is 0 Å². The Kier molecular flexibility index (Phi) is 4.97. The van der Waals surface area contributed by atoms with Crippen molar-refractivity contribution < 1.29 is 4.42 Å². The van der Waals surface area contributed by atoms with Crippen molar-refractivity contribution >= 4 is 29.1 Å². The molecule has 0 amide bonds. The first kappa shape index (κ1) is 19.1. The summed E-state index contributed by atoms with van der Waals surface area (Å²) in [6.07, 6.45) is 4.42. The molecule has 0 fully saturated rings. The Labute approximate surface area is 180 Å². The zero-order chi connectivity index (χ0) is 21.2. The Morgan fingerprint density at radius 1 is 1.03 bits per heavy atom. The maximum atomic E-state index is 5.82. The van der Waals surface area contributed by atoms with E-state index in [2.05, 4.69) is 50.7 Å². The predicted octanol–water partition coefficient (Wildman–Crippen LogP) is 4.19. The van der Waals surface area contributed by atoms with Crippen molar-refractivity contribution in [3.63, 3.8) is 0 Å². The van der Waals surface area contributed by atoms with E-state index in [0.29, 0.717) is 29.2 Å². The van der Waals surface area contributed by atoms with Gasteiger partial charge in [0.1, 0.15) is 23.2 Å². The van der Waals surface area contributed by atoms with Crippen LogP contribution in [-0.2, 0) is 13.0 Å². The van der Waals surface area contributed by atoms with Crippen LogP contribution in [0.2, 0.25) is 0 Å². The maximum absolute atomic E-state index is 5.82. The number of fused-ring (bicyclic) bond motifs is 1. The predicted molar refractivity (Wildman–Crippen MR) is 121 cm³/mol. The Morgan fingerprint density at radius 2 is 1.97 bits per heavy atom. The van der Waals surface area contributed by atoms with Crippen molar-refractivity contribution in [2.24, 2.45) is 0 Å². The molecule has 0 spiro atoms. The van der Waals surface area contributed by atoms with Gasteiger partial charge < -0.3 is 25.7 Å². The Bertz CT molecular complexity index is 1210. The van der Waals surface area contributed by atoms with Gasteiger partial charge in [-0.2, -0.15) is 4.98 Å². The number of nitrogens with two attached hydrogens (primary N) is 1. The first-order valence-corrected chi connectivity index (χ1v) is 10.1. The lowest BCUT2D eigenvalue weighted by Crippen LogP contribution is -2.26. The summed E-state index contributed by atoms with van der Waals surface area (Å²) < 4.78 is 5.56. The molecule has 8 nitrogen and oxygen atoms in total. The largest absolute Gasteiger partial charge is 0.464 e. The maximum Gasteiger partial charge on any atom is 0.229 e. The third-order valence-electron chi connectivity index (χ3n) is 5.26. The first-order valence-electron chi connectivity index (χ1n) is 10.1. The van der Waals surface area contributed by atoms with Crippen LogP contribution < -0.4 is 16.4 Å². The summed E-state index contributed by atoms with van der Waals surface area (Å²) in [5, 5.41) is 6.56. The molecule has 1 aliphatic rings. The van der Waals surface area contributed by atoms with Crippen LogP contribution in [0.3, 0.4) is 0 Å². The van der Waals surface area contributed by atoms with Crippen LogP contribution in [0.4, 0.5) is 29.1 Å². The molecule has 0 unspecified atom stereocenters. The summed E-state index contributed by atoms with van der Waals surface area (Å²) in [6.45, 7) is 2.03. The highest BCUT2D eigenvalue weighted by molar-refractivity contribution is 5.75. The normalized spacial score (nSPS) is 13.6. The second-order valence-corrected chi connectivity index (χ2v) is 7.60. The summed E-state index contributed by atoms with van der Waals surface area (Å²) in [6, 6.07) is 15.5. The van der Waals surface area contributed by atoms with Gasteiger partial charge in [0.05, 0.1) is 11.8 Å². The molecule has 1 aromatic carbocycles. The van der Waals surface area contributed by atoms with E-state index < -0.39 is 0 Å². The highest BCUT2D eigenvalue weighted by Crippen LogP contribution is 2.30. The molecule has 4 aromatic rings. The van der Waals surface area contributed by atoms with Crippen LogP contribution in [0, 0.1) is 0 Å². The Balaban J connectivity index is 1.46. The zero-order valence-electron chi connectivity index (χ0n) is 17.2. The van der Waals surface area contributed by atoms with Crippen molar-refractivity contribution in [3.05, 3.63) is 72.1 Å². The first-order chi connectivity index (χ1) is 15.1. The van der Waals surface area contributed by atoms with Crippen molar-refractivity contribution in [2.75, 3.05) is 30.0 Å². The van der Waals surface area contributed by atoms with Crippen LogP contribution in [0.15, 0.2) is 65.4 Å². The number of nitrogens with one attached hydrogen (secondary N) is 2. The summed E-state index contributed by atoms with van der Waals surface area (Å²) in [4.78, 5) is 15.8. The summed E-state index contributed by atoms with van der Waals surface area (Å²) in [5.74, 6) is 2.73. The fourth-order valence-electron chi connectivity index (χ4n) is 3.70. The van der Waals surface area contributed by atoms with Gasteiger partial charge in [-0.3, -0.25) is 0 Å². The molecule has 1 aliphatic heterocycles. The van der Waals surface area contributed by atoms with E-state index in [1.165, 1.54) is 11.1 Å². The Morgan fingerprint density at radius 3 is 2.81 bits per heavy atom. The highest BCUT2D eigenvalue weighted by Gasteiger charge is 2.15. The number of anilines is 5. The minimum atomic E-state index is 0.427. The molecule has 0 aliphatic carbocycles. The van der Waals surface area contributed by atoms with E-state index in [-0.39, 0.29) is 0 Å². The van der Waals surface area contributed by atoms with Crippen molar-refractivity contribution in [3.8, 4) is 11.3 Å². The van der Waals surface area contributed by atoms with E-state index >= 15 is 0 Å². The molecule has 5 rings (SSSR count). The van der Waals surface area contributed by atoms with Crippen LogP contribution >= 0.6 is 0 Å². The zero-order valence-corrected chi connectivity index (χ0v) is 17.2. The van der Waals surface area contributed by atoms with Crippen LogP contribution in [-0.4, -0.2) is 33.4 Å². The molecule has 4 heterocycles. The Hall–Kier alpha value is -3.91.